The SMILES string of the molecule is Cc1c(NC(=O)NCC2CN(C)CCN2C)cccc1C(=O)NCC(C)C. The van der Waals surface area contributed by atoms with E-state index in [1.165, 1.54) is 0 Å². The van der Waals surface area contributed by atoms with Gasteiger partial charge in [0, 0.05) is 50.0 Å². The molecule has 7 nitrogen and oxygen atoms in total. The zero-order valence-corrected chi connectivity index (χ0v) is 17.1. The molecule has 0 saturated carbocycles. The minimum atomic E-state index is -0.250. The van der Waals surface area contributed by atoms with Crippen LogP contribution in [0.3, 0.4) is 0 Å². The summed E-state index contributed by atoms with van der Waals surface area (Å²) in [5.74, 6) is 0.274. The maximum atomic E-state index is 12.4. The van der Waals surface area contributed by atoms with Crippen LogP contribution in [0.15, 0.2) is 18.2 Å². The van der Waals surface area contributed by atoms with E-state index in [1.54, 1.807) is 12.1 Å². The minimum absolute atomic E-state index is 0.114. The van der Waals surface area contributed by atoms with Crippen LogP contribution in [0.4, 0.5) is 10.5 Å². The highest BCUT2D eigenvalue weighted by Gasteiger charge is 2.22. The summed E-state index contributed by atoms with van der Waals surface area (Å²) in [6.45, 7) is 10.1. The molecule has 0 bridgehead atoms. The van der Waals surface area contributed by atoms with Gasteiger partial charge < -0.3 is 20.9 Å². The number of amides is 3. The smallest absolute Gasteiger partial charge is 0.319 e. The van der Waals surface area contributed by atoms with E-state index in [2.05, 4.69) is 53.7 Å². The third kappa shape index (κ3) is 6.22. The van der Waals surface area contributed by atoms with E-state index in [1.807, 2.05) is 13.0 Å². The van der Waals surface area contributed by atoms with Gasteiger partial charge in [0.15, 0.2) is 0 Å². The quantitative estimate of drug-likeness (QED) is 0.708. The first-order chi connectivity index (χ1) is 12.8. The lowest BCUT2D eigenvalue weighted by Gasteiger charge is -2.37. The lowest BCUT2D eigenvalue weighted by Crippen LogP contribution is -2.54. The first-order valence-electron chi connectivity index (χ1n) is 9.59. The fourth-order valence-corrected chi connectivity index (χ4v) is 3.11. The van der Waals surface area contributed by atoms with E-state index in [0.717, 1.165) is 25.2 Å². The monoisotopic (exact) mass is 375 g/mol. The number of anilines is 1. The molecule has 150 valence electrons. The van der Waals surface area contributed by atoms with E-state index < -0.39 is 0 Å². The third-order valence-corrected chi connectivity index (χ3v) is 4.98. The molecule has 2 rings (SSSR count). The number of nitrogens with one attached hydrogen (secondary N) is 3. The Kier molecular flexibility index (Phi) is 7.62. The highest BCUT2D eigenvalue weighted by Crippen LogP contribution is 2.19. The van der Waals surface area contributed by atoms with Crippen LogP contribution in [0.5, 0.6) is 0 Å². The summed E-state index contributed by atoms with van der Waals surface area (Å²) in [6.07, 6.45) is 0. The molecular formula is C20H33N5O2. The van der Waals surface area contributed by atoms with Crippen LogP contribution in [-0.4, -0.2) is 74.6 Å². The minimum Gasteiger partial charge on any atom is -0.352 e. The normalized spacial score (nSPS) is 18.4. The predicted octanol–water partition coefficient (Wildman–Crippen LogP) is 1.75. The second kappa shape index (κ2) is 9.71. The van der Waals surface area contributed by atoms with Crippen molar-refractivity contribution in [3.05, 3.63) is 29.3 Å². The van der Waals surface area contributed by atoms with Crippen molar-refractivity contribution in [2.24, 2.45) is 5.92 Å². The molecule has 3 amide bonds. The maximum Gasteiger partial charge on any atom is 0.319 e. The second-order valence-corrected chi connectivity index (χ2v) is 7.81. The first-order valence-corrected chi connectivity index (χ1v) is 9.59. The van der Waals surface area contributed by atoms with Gasteiger partial charge in [0.05, 0.1) is 0 Å². The van der Waals surface area contributed by atoms with E-state index in [0.29, 0.717) is 36.3 Å². The van der Waals surface area contributed by atoms with Crippen LogP contribution in [0.25, 0.3) is 0 Å². The van der Waals surface area contributed by atoms with Crippen molar-refractivity contribution in [3.63, 3.8) is 0 Å². The summed E-state index contributed by atoms with van der Waals surface area (Å²) in [6, 6.07) is 5.43. The fourth-order valence-electron chi connectivity index (χ4n) is 3.11. The van der Waals surface area contributed by atoms with Gasteiger partial charge >= 0.3 is 6.03 Å². The molecule has 0 radical (unpaired) electrons. The summed E-state index contributed by atoms with van der Waals surface area (Å²) in [7, 11) is 4.18. The molecule has 1 aliphatic rings. The fraction of sp³-hybridized carbons (Fsp3) is 0.600. The molecule has 3 N–H and O–H groups in total. The Morgan fingerprint density at radius 2 is 1.93 bits per heavy atom. The Morgan fingerprint density at radius 3 is 2.63 bits per heavy atom. The molecule has 1 fully saturated rings. The average molecular weight is 376 g/mol. The van der Waals surface area contributed by atoms with Crippen LogP contribution in [0.2, 0.25) is 0 Å². The molecule has 1 heterocycles. The number of benzene rings is 1. The van der Waals surface area contributed by atoms with E-state index in [4.69, 9.17) is 0 Å². The van der Waals surface area contributed by atoms with E-state index >= 15 is 0 Å². The molecule has 1 atom stereocenters. The van der Waals surface area contributed by atoms with Gasteiger partial charge in [-0.3, -0.25) is 9.69 Å². The van der Waals surface area contributed by atoms with Crippen LogP contribution in [0, 0.1) is 12.8 Å². The highest BCUT2D eigenvalue weighted by molar-refractivity contribution is 5.99. The molecule has 1 saturated heterocycles. The molecule has 1 aromatic rings. The zero-order chi connectivity index (χ0) is 20.0. The molecule has 0 spiro atoms. The predicted molar refractivity (Wildman–Crippen MR) is 109 cm³/mol. The number of rotatable bonds is 6. The van der Waals surface area contributed by atoms with Crippen molar-refractivity contribution in [1.29, 1.82) is 0 Å². The van der Waals surface area contributed by atoms with Gasteiger partial charge in [-0.25, -0.2) is 4.79 Å². The molecular weight excluding hydrogens is 342 g/mol. The van der Waals surface area contributed by atoms with E-state index in [-0.39, 0.29) is 11.9 Å². The summed E-state index contributed by atoms with van der Waals surface area (Å²) in [4.78, 5) is 29.2. The van der Waals surface area contributed by atoms with Crippen molar-refractivity contribution >= 4 is 17.6 Å². The number of hydrogen-bond donors (Lipinski definition) is 3. The van der Waals surface area contributed by atoms with Crippen LogP contribution >= 0.6 is 0 Å². The van der Waals surface area contributed by atoms with Gasteiger partial charge in [0.25, 0.3) is 5.91 Å². The van der Waals surface area contributed by atoms with Gasteiger partial charge in [0.2, 0.25) is 0 Å². The lowest BCUT2D eigenvalue weighted by molar-refractivity contribution is 0.0948. The Morgan fingerprint density at radius 1 is 1.19 bits per heavy atom. The zero-order valence-electron chi connectivity index (χ0n) is 17.1. The third-order valence-electron chi connectivity index (χ3n) is 4.98. The summed E-state index contributed by atoms with van der Waals surface area (Å²) in [5.41, 5.74) is 2.00. The average Bonchev–Trinajstić information content (AvgIpc) is 2.62. The number of likely N-dealkylation sites (N-methyl/N-ethyl adjacent to an activating group) is 2. The summed E-state index contributed by atoms with van der Waals surface area (Å²) < 4.78 is 0. The topological polar surface area (TPSA) is 76.7 Å². The van der Waals surface area contributed by atoms with Crippen molar-refractivity contribution < 1.29 is 9.59 Å². The van der Waals surface area contributed by atoms with Crippen molar-refractivity contribution in [1.82, 2.24) is 20.4 Å². The standard InChI is InChI=1S/C20H33N5O2/c1-14(2)11-21-19(26)17-7-6-8-18(15(17)3)23-20(27)22-12-16-13-24(4)9-10-25(16)5/h6-8,14,16H,9-13H2,1-5H3,(H,21,26)(H2,22,23,27). The van der Waals surface area contributed by atoms with Gasteiger partial charge in [-0.15, -0.1) is 0 Å². The van der Waals surface area contributed by atoms with Crippen LogP contribution in [0.1, 0.15) is 29.8 Å². The van der Waals surface area contributed by atoms with Crippen molar-refractivity contribution in [2.45, 2.75) is 26.8 Å². The Balaban J connectivity index is 1.93. The lowest BCUT2D eigenvalue weighted by atomic mass is 10.1. The summed E-state index contributed by atoms with van der Waals surface area (Å²) in [5, 5.41) is 8.74. The summed E-state index contributed by atoms with van der Waals surface area (Å²) >= 11 is 0. The second-order valence-electron chi connectivity index (χ2n) is 7.81. The molecule has 0 aromatic heterocycles. The maximum absolute atomic E-state index is 12.4. The largest absolute Gasteiger partial charge is 0.352 e. The van der Waals surface area contributed by atoms with Gasteiger partial charge in [-0.2, -0.15) is 0 Å². The molecule has 0 aliphatic carbocycles. The van der Waals surface area contributed by atoms with Crippen LogP contribution in [-0.2, 0) is 0 Å². The molecule has 1 aromatic carbocycles. The number of carbonyl (C=O) groups excluding carboxylic acids is 2. The first kappa shape index (κ1) is 21.2. The Hall–Kier alpha value is -2.12. The highest BCUT2D eigenvalue weighted by atomic mass is 16.2. The Bertz CT molecular complexity index is 662. The Labute approximate surface area is 162 Å². The van der Waals surface area contributed by atoms with E-state index in [9.17, 15) is 9.59 Å². The van der Waals surface area contributed by atoms with Gasteiger partial charge in [0.1, 0.15) is 0 Å². The van der Waals surface area contributed by atoms with Crippen molar-refractivity contribution in [3.8, 4) is 0 Å². The molecule has 7 heteroatoms. The number of hydrogen-bond acceptors (Lipinski definition) is 4. The van der Waals surface area contributed by atoms with Crippen LogP contribution < -0.4 is 16.0 Å². The van der Waals surface area contributed by atoms with Gasteiger partial charge in [-0.05, 0) is 44.6 Å². The number of piperazine rings is 1. The number of carbonyl (C=O) groups is 2. The number of urea groups is 1. The van der Waals surface area contributed by atoms with Gasteiger partial charge in [-0.1, -0.05) is 19.9 Å². The molecule has 1 unspecified atom stereocenters. The molecule has 1 aliphatic heterocycles. The number of nitrogens with zero attached hydrogens (tertiary/aromatic N) is 2. The van der Waals surface area contributed by atoms with Crippen molar-refractivity contribution in [2.75, 3.05) is 52.1 Å². The molecule has 27 heavy (non-hydrogen) atoms.